The summed E-state index contributed by atoms with van der Waals surface area (Å²) in [6.07, 6.45) is 54.1. The molecule has 8 heteroatoms. The van der Waals surface area contributed by atoms with Crippen LogP contribution in [0, 0.1) is 0 Å². The number of esters is 2. The van der Waals surface area contributed by atoms with Gasteiger partial charge in [-0.3, -0.25) is 9.59 Å². The molecule has 0 heterocycles. The Labute approximate surface area is 353 Å². The Morgan fingerprint density at radius 1 is 0.552 bits per heavy atom. The van der Waals surface area contributed by atoms with Crippen molar-refractivity contribution in [3.63, 3.8) is 0 Å². The topological polar surface area (TPSA) is 102 Å². The van der Waals surface area contributed by atoms with Crippen molar-refractivity contribution in [1.82, 2.24) is 0 Å². The maximum absolute atomic E-state index is 12.7. The fourth-order valence-corrected chi connectivity index (χ4v) is 5.57. The number of carboxylic acids is 1. The molecule has 0 saturated heterocycles. The van der Waals surface area contributed by atoms with E-state index in [2.05, 4.69) is 86.8 Å². The van der Waals surface area contributed by atoms with Gasteiger partial charge >= 0.3 is 11.9 Å². The number of ether oxygens (including phenoxy) is 3. The molecule has 0 aromatic heterocycles. The standard InChI is InChI=1S/C50H79NO7/c1-6-8-10-12-14-16-18-20-21-22-23-24-25-26-27-29-30-32-34-36-38-40-48(52)57-45-46(44-56-43-42-47(50(54)55)51(3,4)5)58-49(53)41-39-37-35-33-31-28-19-17-15-13-11-9-7-2/h9,11,13-17,19-21,23-24,26-28,30-32,46-47H,6-8,10,12,18,22,25,29,33-45H2,1-5H3/b11-9+,15-13+,16-14+,19-17+,21-20+,24-23+,27-26+,31-28+,32-30+. The highest BCUT2D eigenvalue weighted by Crippen LogP contribution is 2.11. The molecule has 0 bridgehead atoms. The highest BCUT2D eigenvalue weighted by Gasteiger charge is 2.25. The fraction of sp³-hybridized carbons (Fsp3) is 0.580. The maximum atomic E-state index is 12.7. The highest BCUT2D eigenvalue weighted by molar-refractivity contribution is 5.70. The van der Waals surface area contributed by atoms with E-state index in [0.717, 1.165) is 64.2 Å². The lowest BCUT2D eigenvalue weighted by atomic mass is 10.1. The van der Waals surface area contributed by atoms with Gasteiger partial charge in [0.25, 0.3) is 0 Å². The van der Waals surface area contributed by atoms with Crippen molar-refractivity contribution in [2.75, 3.05) is 41.0 Å². The second-order valence-corrected chi connectivity index (χ2v) is 15.3. The first kappa shape index (κ1) is 54.0. The summed E-state index contributed by atoms with van der Waals surface area (Å²) < 4.78 is 17.1. The van der Waals surface area contributed by atoms with Gasteiger partial charge in [0, 0.05) is 19.3 Å². The van der Waals surface area contributed by atoms with Gasteiger partial charge < -0.3 is 28.6 Å². The molecule has 0 aromatic rings. The first-order valence-corrected chi connectivity index (χ1v) is 22.0. The van der Waals surface area contributed by atoms with Gasteiger partial charge in [-0.1, -0.05) is 142 Å². The smallest absolute Gasteiger partial charge is 0.306 e. The summed E-state index contributed by atoms with van der Waals surface area (Å²) >= 11 is 0. The van der Waals surface area contributed by atoms with Crippen molar-refractivity contribution in [3.8, 4) is 0 Å². The van der Waals surface area contributed by atoms with Crippen LogP contribution in [0.15, 0.2) is 109 Å². The summed E-state index contributed by atoms with van der Waals surface area (Å²) in [6.45, 7) is 4.37. The molecule has 0 rings (SSSR count). The van der Waals surface area contributed by atoms with E-state index in [1.165, 1.54) is 25.7 Å². The lowest BCUT2D eigenvalue weighted by Crippen LogP contribution is -2.55. The van der Waals surface area contributed by atoms with Gasteiger partial charge in [0.1, 0.15) is 12.6 Å². The normalized spacial score (nSPS) is 14.0. The Kier molecular flexibility index (Phi) is 37.0. The lowest BCUT2D eigenvalue weighted by molar-refractivity contribution is -0.889. The average Bonchev–Trinajstić information content (AvgIpc) is 3.18. The van der Waals surface area contributed by atoms with Crippen LogP contribution in [0.4, 0.5) is 0 Å². The summed E-state index contributed by atoms with van der Waals surface area (Å²) in [5.41, 5.74) is 0. The van der Waals surface area contributed by atoms with Gasteiger partial charge in [-0.25, -0.2) is 0 Å². The largest absolute Gasteiger partial charge is 0.544 e. The Hall–Kier alpha value is -4.01. The first-order valence-electron chi connectivity index (χ1n) is 22.0. The van der Waals surface area contributed by atoms with Crippen LogP contribution in [0.5, 0.6) is 0 Å². The summed E-state index contributed by atoms with van der Waals surface area (Å²) in [5, 5.41) is 11.6. The fourth-order valence-electron chi connectivity index (χ4n) is 5.57. The van der Waals surface area contributed by atoms with Crippen molar-refractivity contribution < 1.29 is 38.2 Å². The summed E-state index contributed by atoms with van der Waals surface area (Å²) in [4.78, 5) is 36.8. The molecule has 58 heavy (non-hydrogen) atoms. The van der Waals surface area contributed by atoms with E-state index in [1.807, 2.05) is 36.5 Å². The SMILES string of the molecule is CC/C=C/C=C/C=C/C=C/CCCCCC(=O)OC(COCCC(C(=O)[O-])[N+](C)(C)C)COC(=O)CCCC/C=C/C/C=C/C/C=C/C/C=C/C/C=C/CCCCC. The Bertz CT molecular complexity index is 1310. The minimum Gasteiger partial charge on any atom is -0.544 e. The predicted octanol–water partition coefficient (Wildman–Crippen LogP) is 10.7. The van der Waals surface area contributed by atoms with Gasteiger partial charge in [0.05, 0.1) is 40.3 Å². The van der Waals surface area contributed by atoms with Crippen molar-refractivity contribution in [3.05, 3.63) is 109 Å². The Morgan fingerprint density at radius 2 is 1.03 bits per heavy atom. The number of hydrogen-bond acceptors (Lipinski definition) is 7. The number of hydrogen-bond donors (Lipinski definition) is 0. The van der Waals surface area contributed by atoms with Crippen molar-refractivity contribution >= 4 is 17.9 Å². The van der Waals surface area contributed by atoms with Gasteiger partial charge in [-0.15, -0.1) is 0 Å². The molecule has 0 fully saturated rings. The van der Waals surface area contributed by atoms with Gasteiger partial charge in [-0.2, -0.15) is 0 Å². The van der Waals surface area contributed by atoms with Crippen molar-refractivity contribution in [1.29, 1.82) is 0 Å². The van der Waals surface area contributed by atoms with Crippen LogP contribution in [0.1, 0.15) is 136 Å². The van der Waals surface area contributed by atoms with E-state index in [-0.39, 0.29) is 55.5 Å². The number of likely N-dealkylation sites (N-methyl/N-ethyl adjacent to an activating group) is 1. The third kappa shape index (κ3) is 37.6. The molecule has 2 unspecified atom stereocenters. The van der Waals surface area contributed by atoms with E-state index in [4.69, 9.17) is 14.2 Å². The Morgan fingerprint density at radius 3 is 1.59 bits per heavy atom. The van der Waals surface area contributed by atoms with Crippen molar-refractivity contribution in [2.24, 2.45) is 0 Å². The number of carboxylic acid groups (broad SMARTS) is 1. The number of carbonyl (C=O) groups excluding carboxylic acids is 3. The highest BCUT2D eigenvalue weighted by atomic mass is 16.6. The predicted molar refractivity (Wildman–Crippen MR) is 240 cm³/mol. The molecule has 2 atom stereocenters. The molecule has 0 radical (unpaired) electrons. The lowest BCUT2D eigenvalue weighted by Gasteiger charge is -2.34. The van der Waals surface area contributed by atoms with Gasteiger partial charge in [0.15, 0.2) is 6.10 Å². The molecule has 0 aliphatic rings. The minimum atomic E-state index is -1.14. The molecule has 0 aliphatic carbocycles. The molecule has 0 N–H and O–H groups in total. The van der Waals surface area contributed by atoms with Crippen LogP contribution in [0.2, 0.25) is 0 Å². The van der Waals surface area contributed by atoms with Crippen LogP contribution in [0.3, 0.4) is 0 Å². The van der Waals surface area contributed by atoms with E-state index in [1.54, 1.807) is 21.1 Å². The molecule has 326 valence electrons. The number of rotatable bonds is 37. The second kappa shape index (κ2) is 39.8. The molecular weight excluding hydrogens is 727 g/mol. The van der Waals surface area contributed by atoms with Crippen LogP contribution in [-0.2, 0) is 28.6 Å². The van der Waals surface area contributed by atoms with Gasteiger partial charge in [0.2, 0.25) is 0 Å². The number of quaternary nitrogens is 1. The monoisotopic (exact) mass is 806 g/mol. The van der Waals surface area contributed by atoms with E-state index < -0.39 is 18.1 Å². The van der Waals surface area contributed by atoms with Gasteiger partial charge in [-0.05, 0) is 83.5 Å². The molecular formula is C50H79NO7. The zero-order valence-electron chi connectivity index (χ0n) is 36.9. The Balaban J connectivity index is 4.48. The zero-order valence-corrected chi connectivity index (χ0v) is 36.9. The van der Waals surface area contributed by atoms with Crippen LogP contribution in [0.25, 0.3) is 0 Å². The molecule has 0 aliphatic heterocycles. The minimum absolute atomic E-state index is 0.00254. The average molecular weight is 806 g/mol. The van der Waals surface area contributed by atoms with Crippen molar-refractivity contribution in [2.45, 2.75) is 148 Å². The molecule has 8 nitrogen and oxygen atoms in total. The van der Waals surface area contributed by atoms with Crippen LogP contribution < -0.4 is 5.11 Å². The first-order chi connectivity index (χ1) is 28.1. The molecule has 0 aromatic carbocycles. The second-order valence-electron chi connectivity index (χ2n) is 15.3. The third-order valence-electron chi connectivity index (χ3n) is 8.99. The number of aliphatic carboxylic acids is 1. The number of unbranched alkanes of at least 4 members (excludes halogenated alkanes) is 8. The summed E-state index contributed by atoms with van der Waals surface area (Å²) in [6, 6.07) is -0.747. The number of nitrogens with zero attached hydrogens (tertiary/aromatic N) is 1. The van der Waals surface area contributed by atoms with E-state index in [9.17, 15) is 19.5 Å². The maximum Gasteiger partial charge on any atom is 0.306 e. The quantitative estimate of drug-likeness (QED) is 0.0203. The number of carbonyl (C=O) groups is 3. The molecule has 0 saturated carbocycles. The van der Waals surface area contributed by atoms with E-state index in [0.29, 0.717) is 12.8 Å². The summed E-state index contributed by atoms with van der Waals surface area (Å²) in [7, 11) is 5.36. The van der Waals surface area contributed by atoms with Crippen LogP contribution in [-0.4, -0.2) is 75.5 Å². The van der Waals surface area contributed by atoms with E-state index >= 15 is 0 Å². The zero-order chi connectivity index (χ0) is 42.8. The third-order valence-corrected chi connectivity index (χ3v) is 8.99. The molecule has 0 amide bonds. The molecule has 0 spiro atoms. The summed E-state index contributed by atoms with van der Waals surface area (Å²) in [5.74, 6) is -1.86. The number of allylic oxidation sites excluding steroid dienone is 18. The van der Waals surface area contributed by atoms with Crippen LogP contribution >= 0.6 is 0 Å².